The Labute approximate surface area is 306 Å². The van der Waals surface area contributed by atoms with Gasteiger partial charge in [-0.05, 0) is 102 Å². The van der Waals surface area contributed by atoms with Crippen molar-refractivity contribution < 1.29 is 23.8 Å². The number of ether oxygens (including phenoxy) is 2. The van der Waals surface area contributed by atoms with Gasteiger partial charge < -0.3 is 28.9 Å². The van der Waals surface area contributed by atoms with Crippen LogP contribution in [0.15, 0.2) is 30.6 Å². The van der Waals surface area contributed by atoms with Gasteiger partial charge >= 0.3 is 6.09 Å². The SMILES string of the molecule is Cc1cc2c(cnn2C2CCCCO2)c(-c2c(Cl)cc3c(nc(OC[C@@H]4CCCN4C)c4ccn([C@H]5CCN(C(=O)O)[C@H](CC#N)C5)c43)c2F)c1C. The number of hydrogen-bond donors (Lipinski definition) is 1. The highest BCUT2D eigenvalue weighted by atomic mass is 35.5. The van der Waals surface area contributed by atoms with Crippen molar-refractivity contribution >= 4 is 50.4 Å². The zero-order valence-electron chi connectivity index (χ0n) is 29.7. The molecule has 0 radical (unpaired) electrons. The molecule has 1 unspecified atom stereocenters. The van der Waals surface area contributed by atoms with E-state index in [9.17, 15) is 15.2 Å². The quantitative estimate of drug-likeness (QED) is 0.178. The molecule has 5 aromatic rings. The molecule has 6 heterocycles. The number of carbonyl (C=O) groups is 1. The van der Waals surface area contributed by atoms with Crippen LogP contribution < -0.4 is 4.74 Å². The van der Waals surface area contributed by atoms with E-state index < -0.39 is 18.0 Å². The molecule has 2 aromatic carbocycles. The van der Waals surface area contributed by atoms with Gasteiger partial charge in [0.2, 0.25) is 5.88 Å². The highest BCUT2D eigenvalue weighted by Gasteiger charge is 2.34. The van der Waals surface area contributed by atoms with Gasteiger partial charge in [-0.15, -0.1) is 0 Å². The van der Waals surface area contributed by atoms with Crippen LogP contribution >= 0.6 is 11.6 Å². The van der Waals surface area contributed by atoms with Gasteiger partial charge in [0.25, 0.3) is 0 Å². The van der Waals surface area contributed by atoms with Crippen molar-refractivity contribution in [3.8, 4) is 23.1 Å². The lowest BCUT2D eigenvalue weighted by atomic mass is 9.92. The van der Waals surface area contributed by atoms with Crippen LogP contribution in [-0.4, -0.2) is 85.8 Å². The van der Waals surface area contributed by atoms with E-state index in [0.29, 0.717) is 42.9 Å². The summed E-state index contributed by atoms with van der Waals surface area (Å²) in [6.45, 7) is 6.37. The predicted octanol–water partition coefficient (Wildman–Crippen LogP) is 8.38. The summed E-state index contributed by atoms with van der Waals surface area (Å²) in [5.41, 5.74) is 4.56. The van der Waals surface area contributed by atoms with Crippen LogP contribution in [0.1, 0.15) is 74.8 Å². The molecule has 3 aromatic heterocycles. The molecule has 3 aliphatic heterocycles. The normalized spacial score (nSPS) is 22.8. The number of nitrogens with zero attached hydrogens (tertiary/aromatic N) is 7. The molecule has 3 aliphatic rings. The van der Waals surface area contributed by atoms with Crippen LogP contribution in [0.5, 0.6) is 5.88 Å². The summed E-state index contributed by atoms with van der Waals surface area (Å²) in [6, 6.07) is 7.61. The summed E-state index contributed by atoms with van der Waals surface area (Å²) in [6.07, 6.45) is 8.60. The highest BCUT2D eigenvalue weighted by Crippen LogP contribution is 2.45. The van der Waals surface area contributed by atoms with Crippen molar-refractivity contribution in [1.82, 2.24) is 29.1 Å². The Morgan fingerprint density at radius 2 is 1.96 bits per heavy atom. The number of nitriles is 1. The number of aromatic nitrogens is 4. The fourth-order valence-corrected chi connectivity index (χ4v) is 8.98. The third kappa shape index (κ3) is 5.83. The largest absolute Gasteiger partial charge is 0.476 e. The first kappa shape index (κ1) is 34.6. The molecule has 4 atom stereocenters. The summed E-state index contributed by atoms with van der Waals surface area (Å²) in [7, 11) is 2.09. The minimum absolute atomic E-state index is 0.0884. The summed E-state index contributed by atoms with van der Waals surface area (Å²) in [5, 5.41) is 26.4. The van der Waals surface area contributed by atoms with Gasteiger partial charge in [-0.1, -0.05) is 11.6 Å². The lowest BCUT2D eigenvalue weighted by Crippen LogP contribution is -2.45. The van der Waals surface area contributed by atoms with E-state index in [1.165, 1.54) is 4.90 Å². The molecule has 0 bridgehead atoms. The maximum absolute atomic E-state index is 17.5. The molecule has 1 amide bonds. The molecule has 13 heteroatoms. The summed E-state index contributed by atoms with van der Waals surface area (Å²) < 4.78 is 34.1. The van der Waals surface area contributed by atoms with E-state index in [-0.39, 0.29) is 47.4 Å². The van der Waals surface area contributed by atoms with Crippen LogP contribution in [-0.2, 0) is 4.74 Å². The summed E-state index contributed by atoms with van der Waals surface area (Å²) in [4.78, 5) is 20.6. The zero-order chi connectivity index (χ0) is 36.3. The number of rotatable bonds is 7. The molecular formula is C39H43ClFN7O4. The number of piperidine rings is 1. The third-order valence-electron chi connectivity index (χ3n) is 11.6. The molecule has 0 aliphatic carbocycles. The molecule has 8 rings (SSSR count). The van der Waals surface area contributed by atoms with E-state index in [1.807, 2.05) is 30.8 Å². The maximum atomic E-state index is 17.5. The van der Waals surface area contributed by atoms with Crippen LogP contribution in [0, 0.1) is 31.0 Å². The molecule has 272 valence electrons. The Morgan fingerprint density at radius 3 is 2.69 bits per heavy atom. The molecule has 1 N–H and O–H groups in total. The molecule has 0 spiro atoms. The number of likely N-dealkylation sites (N-methyl/N-ethyl adjacent to an activating group) is 1. The number of halogens is 2. The van der Waals surface area contributed by atoms with Gasteiger partial charge in [-0.3, -0.25) is 0 Å². The van der Waals surface area contributed by atoms with Crippen LogP contribution in [0.2, 0.25) is 5.02 Å². The van der Waals surface area contributed by atoms with Crippen LogP contribution in [0.25, 0.3) is 43.8 Å². The van der Waals surface area contributed by atoms with Gasteiger partial charge in [-0.25, -0.2) is 18.9 Å². The van der Waals surface area contributed by atoms with Gasteiger partial charge in [0.05, 0.1) is 40.1 Å². The predicted molar refractivity (Wildman–Crippen MR) is 197 cm³/mol. The standard InChI is InChI=1S/C39H43ClFN7O4/c1-22-17-31-29(20-43-48(31)32-8-4-5-16-51-32)33(23(22)2)34-30(40)19-28-36(35(34)41)44-38(52-21-26-7-6-13-45(26)3)27-11-15-46(37(27)28)25-10-14-47(39(49)50)24(18-25)9-12-42/h11,15,17,19-20,24-26,32H,4-10,13-14,16,18,21H2,1-3H3,(H,49,50)/t24-,25+,26+,32?/m1/s1. The summed E-state index contributed by atoms with van der Waals surface area (Å²) in [5.74, 6) is -0.196. The van der Waals surface area contributed by atoms with Crippen LogP contribution in [0.4, 0.5) is 9.18 Å². The van der Waals surface area contributed by atoms with Crippen molar-refractivity contribution in [3.05, 3.63) is 52.6 Å². The van der Waals surface area contributed by atoms with Crippen molar-refractivity contribution in [3.63, 3.8) is 0 Å². The molecule has 3 fully saturated rings. The second kappa shape index (κ2) is 13.8. The molecule has 11 nitrogen and oxygen atoms in total. The average molecular weight is 728 g/mol. The lowest BCUT2D eigenvalue weighted by Gasteiger charge is -2.37. The highest BCUT2D eigenvalue weighted by molar-refractivity contribution is 6.35. The number of pyridine rings is 1. The van der Waals surface area contributed by atoms with E-state index in [0.717, 1.165) is 71.6 Å². The number of hydrogen-bond acceptors (Lipinski definition) is 7. The monoisotopic (exact) mass is 727 g/mol. The lowest BCUT2D eigenvalue weighted by molar-refractivity contribution is -0.0366. The smallest absolute Gasteiger partial charge is 0.407 e. The van der Waals surface area contributed by atoms with Crippen LogP contribution in [0.3, 0.4) is 0 Å². The molecule has 52 heavy (non-hydrogen) atoms. The Hall–Kier alpha value is -4.44. The van der Waals surface area contributed by atoms with Crippen molar-refractivity contribution in [1.29, 1.82) is 5.26 Å². The van der Waals surface area contributed by atoms with Crippen molar-refractivity contribution in [2.24, 2.45) is 0 Å². The number of benzene rings is 2. The number of aryl methyl sites for hydroxylation is 1. The van der Waals surface area contributed by atoms with Gasteiger partial charge in [0.1, 0.15) is 12.1 Å². The van der Waals surface area contributed by atoms with Crippen molar-refractivity contribution in [2.45, 2.75) is 89.6 Å². The second-order valence-corrected chi connectivity index (χ2v) is 15.0. The molecule has 0 saturated carbocycles. The number of amides is 1. The minimum Gasteiger partial charge on any atom is -0.476 e. The first-order valence-corrected chi connectivity index (χ1v) is 18.6. The van der Waals surface area contributed by atoms with Crippen molar-refractivity contribution in [2.75, 3.05) is 33.4 Å². The summed E-state index contributed by atoms with van der Waals surface area (Å²) >= 11 is 7.18. The first-order valence-electron chi connectivity index (χ1n) is 18.3. The van der Waals surface area contributed by atoms with E-state index >= 15 is 4.39 Å². The Kier molecular flexibility index (Phi) is 9.22. The molecule has 3 saturated heterocycles. The van der Waals surface area contributed by atoms with Gasteiger partial charge in [0.15, 0.2) is 12.0 Å². The Morgan fingerprint density at radius 1 is 1.12 bits per heavy atom. The second-order valence-electron chi connectivity index (χ2n) is 14.6. The fourth-order valence-electron chi connectivity index (χ4n) is 8.70. The molecular weight excluding hydrogens is 685 g/mol. The van der Waals surface area contributed by atoms with E-state index in [1.54, 1.807) is 12.3 Å². The average Bonchev–Trinajstić information content (AvgIpc) is 3.88. The number of likely N-dealkylation sites (tertiary alicyclic amines) is 2. The minimum atomic E-state index is -1.03. The zero-order valence-corrected chi connectivity index (χ0v) is 30.5. The topological polar surface area (TPSA) is 122 Å². The van der Waals surface area contributed by atoms with E-state index in [4.69, 9.17) is 31.2 Å². The third-order valence-corrected chi connectivity index (χ3v) is 11.9. The first-order chi connectivity index (χ1) is 25.2. The number of fused-ring (bicyclic) bond motifs is 4. The number of carboxylic acid groups (broad SMARTS) is 1. The fraction of sp³-hybridized carbons (Fsp3) is 0.487. The van der Waals surface area contributed by atoms with E-state index in [2.05, 4.69) is 28.7 Å². The Bertz CT molecular complexity index is 2240. The maximum Gasteiger partial charge on any atom is 0.407 e. The van der Waals surface area contributed by atoms with Gasteiger partial charge in [0, 0.05) is 59.4 Å². The van der Waals surface area contributed by atoms with Gasteiger partial charge in [-0.2, -0.15) is 10.4 Å². The Balaban J connectivity index is 1.31.